The van der Waals surface area contributed by atoms with E-state index in [1.165, 1.54) is 18.2 Å². The predicted molar refractivity (Wildman–Crippen MR) is 119 cm³/mol. The molecule has 0 aliphatic carbocycles. The standard InChI is InChI=1S/C27H24F2O2/c1-2-3-21-17-30-27(31-18-21)13-7-20-5-9-22(26(29)15-20)8-4-19-6-10-24-16-25(28)12-11-23(24)14-19/h2,5-6,9-12,14-16,21,27H,1,3,7,13,17-18H2. The first-order valence-electron chi connectivity index (χ1n) is 10.4. The molecule has 0 saturated carbocycles. The number of allylic oxidation sites excluding steroid dienone is 1. The Balaban J connectivity index is 1.37. The third-order valence-corrected chi connectivity index (χ3v) is 5.38. The van der Waals surface area contributed by atoms with Crippen molar-refractivity contribution < 1.29 is 18.3 Å². The van der Waals surface area contributed by atoms with Crippen LogP contribution in [0.1, 0.15) is 29.5 Å². The van der Waals surface area contributed by atoms with Gasteiger partial charge in [-0.25, -0.2) is 8.78 Å². The van der Waals surface area contributed by atoms with Gasteiger partial charge in [0.15, 0.2) is 6.29 Å². The van der Waals surface area contributed by atoms with Crippen molar-refractivity contribution in [2.24, 2.45) is 5.92 Å². The van der Waals surface area contributed by atoms with Gasteiger partial charge in [-0.2, -0.15) is 0 Å². The van der Waals surface area contributed by atoms with Crippen molar-refractivity contribution in [2.45, 2.75) is 25.6 Å². The van der Waals surface area contributed by atoms with Crippen LogP contribution in [0.5, 0.6) is 0 Å². The molecule has 0 N–H and O–H groups in total. The molecule has 0 aromatic heterocycles. The topological polar surface area (TPSA) is 18.5 Å². The lowest BCUT2D eigenvalue weighted by molar-refractivity contribution is -0.201. The summed E-state index contributed by atoms with van der Waals surface area (Å²) in [6, 6.07) is 15.2. The molecule has 0 unspecified atom stereocenters. The molecule has 0 radical (unpaired) electrons. The number of fused-ring (bicyclic) bond motifs is 1. The molecule has 1 fully saturated rings. The van der Waals surface area contributed by atoms with Crippen molar-refractivity contribution in [3.63, 3.8) is 0 Å². The lowest BCUT2D eigenvalue weighted by Gasteiger charge is -2.28. The predicted octanol–water partition coefficient (Wildman–Crippen LogP) is 6.02. The fourth-order valence-electron chi connectivity index (χ4n) is 3.66. The van der Waals surface area contributed by atoms with Crippen LogP contribution in [0, 0.1) is 29.4 Å². The van der Waals surface area contributed by atoms with Crippen molar-refractivity contribution in [1.29, 1.82) is 0 Å². The Bertz CT molecular complexity index is 1130. The van der Waals surface area contributed by atoms with E-state index in [1.54, 1.807) is 12.1 Å². The molecular weight excluding hydrogens is 394 g/mol. The highest BCUT2D eigenvalue weighted by atomic mass is 19.1. The molecule has 3 aromatic rings. The molecule has 2 nitrogen and oxygen atoms in total. The first-order chi connectivity index (χ1) is 15.1. The summed E-state index contributed by atoms with van der Waals surface area (Å²) in [6.45, 7) is 5.08. The van der Waals surface area contributed by atoms with E-state index in [0.29, 0.717) is 37.5 Å². The second-order valence-corrected chi connectivity index (χ2v) is 7.80. The van der Waals surface area contributed by atoms with Crippen LogP contribution in [0.15, 0.2) is 67.3 Å². The van der Waals surface area contributed by atoms with E-state index in [9.17, 15) is 8.78 Å². The van der Waals surface area contributed by atoms with Crippen LogP contribution in [-0.4, -0.2) is 19.5 Å². The summed E-state index contributed by atoms with van der Waals surface area (Å²) < 4.78 is 39.3. The third-order valence-electron chi connectivity index (χ3n) is 5.38. The summed E-state index contributed by atoms with van der Waals surface area (Å²) in [7, 11) is 0. The van der Waals surface area contributed by atoms with E-state index >= 15 is 0 Å². The Labute approximate surface area is 181 Å². The smallest absolute Gasteiger partial charge is 0.157 e. The highest BCUT2D eigenvalue weighted by molar-refractivity contribution is 5.83. The maximum atomic E-state index is 14.5. The molecule has 4 rings (SSSR count). The molecular formula is C27H24F2O2. The van der Waals surface area contributed by atoms with Gasteiger partial charge in [0.25, 0.3) is 0 Å². The molecule has 31 heavy (non-hydrogen) atoms. The third kappa shape index (κ3) is 5.58. The second kappa shape index (κ2) is 9.87. The van der Waals surface area contributed by atoms with E-state index in [0.717, 1.165) is 28.3 Å². The van der Waals surface area contributed by atoms with Crippen LogP contribution in [0.2, 0.25) is 0 Å². The van der Waals surface area contributed by atoms with Gasteiger partial charge in [0.2, 0.25) is 0 Å². The average Bonchev–Trinajstić information content (AvgIpc) is 2.78. The highest BCUT2D eigenvalue weighted by Crippen LogP contribution is 2.20. The van der Waals surface area contributed by atoms with Crippen LogP contribution in [-0.2, 0) is 15.9 Å². The Morgan fingerprint density at radius 3 is 2.48 bits per heavy atom. The van der Waals surface area contributed by atoms with Crippen molar-refractivity contribution in [1.82, 2.24) is 0 Å². The summed E-state index contributed by atoms with van der Waals surface area (Å²) in [4.78, 5) is 0. The largest absolute Gasteiger partial charge is 0.352 e. The van der Waals surface area contributed by atoms with Crippen LogP contribution in [0.3, 0.4) is 0 Å². The van der Waals surface area contributed by atoms with E-state index in [2.05, 4.69) is 18.4 Å². The van der Waals surface area contributed by atoms with Gasteiger partial charge in [-0.3, -0.25) is 0 Å². The molecule has 0 bridgehead atoms. The van der Waals surface area contributed by atoms with Crippen LogP contribution in [0.4, 0.5) is 8.78 Å². The quantitative estimate of drug-likeness (QED) is 0.373. The van der Waals surface area contributed by atoms with E-state index in [1.807, 2.05) is 30.3 Å². The molecule has 158 valence electrons. The summed E-state index contributed by atoms with van der Waals surface area (Å²) in [5, 5.41) is 1.70. The fourth-order valence-corrected chi connectivity index (χ4v) is 3.66. The Hall–Kier alpha value is -3.00. The van der Waals surface area contributed by atoms with Gasteiger partial charge in [0, 0.05) is 17.9 Å². The minimum atomic E-state index is -0.343. The van der Waals surface area contributed by atoms with Gasteiger partial charge in [-0.15, -0.1) is 6.58 Å². The van der Waals surface area contributed by atoms with Gasteiger partial charge < -0.3 is 9.47 Å². The molecule has 0 atom stereocenters. The van der Waals surface area contributed by atoms with E-state index in [-0.39, 0.29) is 17.9 Å². The Morgan fingerprint density at radius 1 is 0.935 bits per heavy atom. The zero-order chi connectivity index (χ0) is 21.6. The summed E-state index contributed by atoms with van der Waals surface area (Å²) >= 11 is 0. The van der Waals surface area contributed by atoms with E-state index in [4.69, 9.17) is 9.47 Å². The number of hydrogen-bond donors (Lipinski definition) is 0. The first-order valence-corrected chi connectivity index (χ1v) is 10.4. The minimum absolute atomic E-state index is 0.245. The van der Waals surface area contributed by atoms with Gasteiger partial charge >= 0.3 is 0 Å². The van der Waals surface area contributed by atoms with Gasteiger partial charge in [-0.1, -0.05) is 36.1 Å². The number of ether oxygens (including phenoxy) is 2. The fraction of sp³-hybridized carbons (Fsp3) is 0.259. The summed E-state index contributed by atoms with van der Waals surface area (Å²) in [5.74, 6) is 5.65. The Kier molecular flexibility index (Phi) is 6.76. The van der Waals surface area contributed by atoms with Crippen molar-refractivity contribution in [3.8, 4) is 11.8 Å². The lowest BCUT2D eigenvalue weighted by Crippen LogP contribution is -2.32. The van der Waals surface area contributed by atoms with Gasteiger partial charge in [0.05, 0.1) is 18.8 Å². The number of hydrogen-bond acceptors (Lipinski definition) is 2. The summed E-state index contributed by atoms with van der Waals surface area (Å²) in [5.41, 5.74) is 1.99. The number of halogens is 2. The summed E-state index contributed by atoms with van der Waals surface area (Å²) in [6.07, 6.45) is 3.88. The SMILES string of the molecule is C=CCC1COC(CCc2ccc(C#Cc3ccc4cc(F)ccc4c3)c(F)c2)OC1. The molecule has 1 aliphatic rings. The first kappa shape index (κ1) is 21.2. The van der Waals surface area contributed by atoms with Gasteiger partial charge in [-0.05, 0) is 65.6 Å². The van der Waals surface area contributed by atoms with Crippen molar-refractivity contribution in [3.05, 3.63) is 95.6 Å². The molecule has 0 amide bonds. The zero-order valence-electron chi connectivity index (χ0n) is 17.2. The normalized spacial score (nSPS) is 18.4. The molecule has 0 spiro atoms. The average molecular weight is 418 g/mol. The minimum Gasteiger partial charge on any atom is -0.352 e. The molecule has 1 aliphatic heterocycles. The zero-order valence-corrected chi connectivity index (χ0v) is 17.2. The maximum absolute atomic E-state index is 14.5. The molecule has 4 heteroatoms. The Morgan fingerprint density at radius 2 is 1.71 bits per heavy atom. The molecule has 3 aromatic carbocycles. The lowest BCUT2D eigenvalue weighted by atomic mass is 10.0. The van der Waals surface area contributed by atoms with Crippen LogP contribution in [0.25, 0.3) is 10.8 Å². The monoisotopic (exact) mass is 418 g/mol. The second-order valence-electron chi connectivity index (χ2n) is 7.80. The number of benzene rings is 3. The number of aryl methyl sites for hydroxylation is 1. The van der Waals surface area contributed by atoms with Gasteiger partial charge in [0.1, 0.15) is 11.6 Å². The molecule has 1 heterocycles. The van der Waals surface area contributed by atoms with Crippen molar-refractivity contribution in [2.75, 3.05) is 13.2 Å². The van der Waals surface area contributed by atoms with Crippen LogP contribution >= 0.6 is 0 Å². The molecule has 1 saturated heterocycles. The number of rotatable bonds is 5. The van der Waals surface area contributed by atoms with Crippen LogP contribution < -0.4 is 0 Å². The maximum Gasteiger partial charge on any atom is 0.157 e. The van der Waals surface area contributed by atoms with Crippen molar-refractivity contribution >= 4 is 10.8 Å². The highest BCUT2D eigenvalue weighted by Gasteiger charge is 2.21. The van der Waals surface area contributed by atoms with E-state index < -0.39 is 0 Å².